The number of hydrogen-bond acceptors (Lipinski definition) is 4. The first-order valence-electron chi connectivity index (χ1n) is 6.69. The summed E-state index contributed by atoms with van der Waals surface area (Å²) >= 11 is 3.24. The van der Waals surface area contributed by atoms with Gasteiger partial charge < -0.3 is 9.47 Å². The lowest BCUT2D eigenvalue weighted by Gasteiger charge is -2.26. The van der Waals surface area contributed by atoms with Gasteiger partial charge in [0.1, 0.15) is 12.7 Å². The van der Waals surface area contributed by atoms with E-state index in [-0.39, 0.29) is 17.5 Å². The van der Waals surface area contributed by atoms with Crippen LogP contribution in [0.1, 0.15) is 0 Å². The number of hydrogen-bond donors (Lipinski definition) is 1. The average molecular weight is 384 g/mol. The molecule has 1 aliphatic rings. The molecule has 2 aromatic rings. The highest BCUT2D eigenvalue weighted by atomic mass is 79.9. The molecular weight excluding hydrogens is 370 g/mol. The zero-order valence-electron chi connectivity index (χ0n) is 11.5. The highest BCUT2D eigenvalue weighted by Crippen LogP contribution is 2.30. The number of nitrogens with one attached hydrogen (secondary N) is 1. The van der Waals surface area contributed by atoms with Crippen LogP contribution < -0.4 is 14.2 Å². The van der Waals surface area contributed by atoms with Gasteiger partial charge in [0.25, 0.3) is 0 Å². The van der Waals surface area contributed by atoms with E-state index in [1.807, 2.05) is 18.2 Å². The van der Waals surface area contributed by atoms with Crippen molar-refractivity contribution in [3.63, 3.8) is 0 Å². The Morgan fingerprint density at radius 3 is 2.55 bits per heavy atom. The van der Waals surface area contributed by atoms with Crippen molar-refractivity contribution in [1.29, 1.82) is 0 Å². The van der Waals surface area contributed by atoms with Crippen LogP contribution in [-0.2, 0) is 10.0 Å². The molecule has 0 amide bonds. The molecule has 2 aromatic carbocycles. The molecule has 1 unspecified atom stereocenters. The van der Waals surface area contributed by atoms with Crippen LogP contribution in [0.4, 0.5) is 0 Å². The number of sulfonamides is 1. The minimum atomic E-state index is -3.60. The van der Waals surface area contributed by atoms with Crippen molar-refractivity contribution in [2.24, 2.45) is 0 Å². The summed E-state index contributed by atoms with van der Waals surface area (Å²) in [7, 11) is -3.60. The molecule has 0 saturated carbocycles. The van der Waals surface area contributed by atoms with Crippen LogP contribution in [0.5, 0.6) is 11.5 Å². The first-order valence-corrected chi connectivity index (χ1v) is 8.96. The Kier molecular flexibility index (Phi) is 4.37. The lowest BCUT2D eigenvalue weighted by molar-refractivity contribution is 0.0943. The number of rotatable bonds is 4. The largest absolute Gasteiger partial charge is 0.486 e. The molecule has 0 bridgehead atoms. The summed E-state index contributed by atoms with van der Waals surface area (Å²) in [6, 6.07) is 14.0. The molecule has 1 heterocycles. The monoisotopic (exact) mass is 383 g/mol. The van der Waals surface area contributed by atoms with Crippen molar-refractivity contribution in [3.05, 3.63) is 53.0 Å². The van der Waals surface area contributed by atoms with Crippen LogP contribution in [-0.4, -0.2) is 27.7 Å². The maximum Gasteiger partial charge on any atom is 0.241 e. The first kappa shape index (κ1) is 15.3. The van der Waals surface area contributed by atoms with Crippen molar-refractivity contribution in [2.45, 2.75) is 11.0 Å². The van der Waals surface area contributed by atoms with Crippen LogP contribution in [0.25, 0.3) is 0 Å². The van der Waals surface area contributed by atoms with Crippen molar-refractivity contribution in [2.75, 3.05) is 13.2 Å². The second kappa shape index (κ2) is 6.28. The fourth-order valence-electron chi connectivity index (χ4n) is 2.11. The number of benzene rings is 2. The highest BCUT2D eigenvalue weighted by Gasteiger charge is 2.24. The molecule has 0 aliphatic carbocycles. The van der Waals surface area contributed by atoms with Crippen molar-refractivity contribution in [1.82, 2.24) is 4.72 Å². The van der Waals surface area contributed by atoms with E-state index in [0.717, 1.165) is 0 Å². The van der Waals surface area contributed by atoms with Crippen molar-refractivity contribution < 1.29 is 17.9 Å². The summed E-state index contributed by atoms with van der Waals surface area (Å²) in [5, 5.41) is 0. The van der Waals surface area contributed by atoms with Gasteiger partial charge in [-0.15, -0.1) is 0 Å². The summed E-state index contributed by atoms with van der Waals surface area (Å²) < 4.78 is 39.0. The molecule has 0 radical (unpaired) electrons. The summed E-state index contributed by atoms with van der Waals surface area (Å²) in [4.78, 5) is 0.201. The van der Waals surface area contributed by atoms with Crippen LogP contribution in [0.2, 0.25) is 0 Å². The van der Waals surface area contributed by atoms with Crippen LogP contribution in [0, 0.1) is 0 Å². The third kappa shape index (κ3) is 3.26. The lowest BCUT2D eigenvalue weighted by Crippen LogP contribution is -2.40. The molecule has 22 heavy (non-hydrogen) atoms. The number of fused-ring (bicyclic) bond motifs is 1. The Hall–Kier alpha value is -1.57. The SMILES string of the molecule is O=S(=O)(NCC1COc2ccccc2O1)c1ccccc1Br. The van der Waals surface area contributed by atoms with Crippen molar-refractivity contribution in [3.8, 4) is 11.5 Å². The fourth-order valence-corrected chi connectivity index (χ4v) is 4.17. The van der Waals surface area contributed by atoms with E-state index in [1.165, 1.54) is 0 Å². The van der Waals surface area contributed by atoms with E-state index in [1.54, 1.807) is 30.3 Å². The van der Waals surface area contributed by atoms with Crippen LogP contribution in [0.15, 0.2) is 57.9 Å². The van der Waals surface area contributed by atoms with E-state index in [9.17, 15) is 8.42 Å². The normalized spacial score (nSPS) is 17.2. The minimum absolute atomic E-state index is 0.137. The molecule has 0 fully saturated rings. The summed E-state index contributed by atoms with van der Waals surface area (Å²) in [6.07, 6.45) is -0.368. The Bertz CT molecular complexity index is 779. The molecule has 1 N–H and O–H groups in total. The van der Waals surface area contributed by atoms with E-state index in [4.69, 9.17) is 9.47 Å². The predicted octanol–water partition coefficient (Wildman–Crippen LogP) is 2.57. The molecule has 0 spiro atoms. The summed E-state index contributed by atoms with van der Waals surface area (Å²) in [5.74, 6) is 1.30. The third-order valence-electron chi connectivity index (χ3n) is 3.19. The van der Waals surface area contributed by atoms with Crippen molar-refractivity contribution >= 4 is 26.0 Å². The molecule has 1 atom stereocenters. The van der Waals surface area contributed by atoms with Gasteiger partial charge in [0.05, 0.1) is 11.4 Å². The van der Waals surface area contributed by atoms with E-state index >= 15 is 0 Å². The Morgan fingerprint density at radius 1 is 1.09 bits per heavy atom. The molecule has 0 aromatic heterocycles. The molecule has 7 heteroatoms. The zero-order valence-corrected chi connectivity index (χ0v) is 13.9. The van der Waals surface area contributed by atoms with Crippen LogP contribution in [0.3, 0.4) is 0 Å². The van der Waals surface area contributed by atoms with Crippen LogP contribution >= 0.6 is 15.9 Å². The smallest absolute Gasteiger partial charge is 0.241 e. The summed E-state index contributed by atoms with van der Waals surface area (Å²) in [6.45, 7) is 0.438. The van der Waals surface area contributed by atoms with Gasteiger partial charge in [-0.2, -0.15) is 0 Å². The average Bonchev–Trinajstić information content (AvgIpc) is 2.53. The molecular formula is C15H14BrNO4S. The molecule has 3 rings (SSSR count). The number of para-hydroxylation sites is 2. The minimum Gasteiger partial charge on any atom is -0.486 e. The van der Waals surface area contributed by atoms with Gasteiger partial charge >= 0.3 is 0 Å². The summed E-state index contributed by atoms with van der Waals surface area (Å²) in [5.41, 5.74) is 0. The molecule has 1 aliphatic heterocycles. The van der Waals surface area contributed by atoms with E-state index in [2.05, 4.69) is 20.7 Å². The second-order valence-electron chi connectivity index (χ2n) is 4.78. The Morgan fingerprint density at radius 2 is 1.77 bits per heavy atom. The van der Waals surface area contributed by atoms with Gasteiger partial charge in [-0.3, -0.25) is 0 Å². The highest BCUT2D eigenvalue weighted by molar-refractivity contribution is 9.10. The standard InChI is InChI=1S/C15H14BrNO4S/c16-12-5-1-4-8-15(12)22(18,19)17-9-11-10-20-13-6-2-3-7-14(13)21-11/h1-8,11,17H,9-10H2. The lowest BCUT2D eigenvalue weighted by atomic mass is 10.2. The molecule has 0 saturated heterocycles. The maximum atomic E-state index is 12.3. The van der Waals surface area contributed by atoms with Gasteiger partial charge in [0.15, 0.2) is 11.5 Å². The zero-order chi connectivity index (χ0) is 15.6. The second-order valence-corrected chi connectivity index (χ2v) is 7.37. The molecule has 5 nitrogen and oxygen atoms in total. The van der Waals surface area contributed by atoms with Gasteiger partial charge in [-0.1, -0.05) is 24.3 Å². The van der Waals surface area contributed by atoms with Gasteiger partial charge in [0.2, 0.25) is 10.0 Å². The van der Waals surface area contributed by atoms with Gasteiger partial charge in [-0.25, -0.2) is 13.1 Å². The topological polar surface area (TPSA) is 64.6 Å². The quantitative estimate of drug-likeness (QED) is 0.880. The Balaban J connectivity index is 1.67. The number of halogens is 1. The number of ether oxygens (including phenoxy) is 2. The van der Waals surface area contributed by atoms with Gasteiger partial charge in [0, 0.05) is 4.47 Å². The predicted molar refractivity (Wildman–Crippen MR) is 85.7 cm³/mol. The Labute approximate surface area is 137 Å². The van der Waals surface area contributed by atoms with E-state index in [0.29, 0.717) is 22.6 Å². The van der Waals surface area contributed by atoms with Gasteiger partial charge in [-0.05, 0) is 40.2 Å². The van der Waals surface area contributed by atoms with E-state index < -0.39 is 10.0 Å². The maximum absolute atomic E-state index is 12.3. The third-order valence-corrected chi connectivity index (χ3v) is 5.63. The fraction of sp³-hybridized carbons (Fsp3) is 0.200. The molecule has 116 valence electrons. The first-order chi connectivity index (χ1) is 10.6.